The molecule has 0 aliphatic heterocycles. The first-order chi connectivity index (χ1) is 17.7. The van der Waals surface area contributed by atoms with E-state index in [1.54, 1.807) is 29.2 Å². The number of allylic oxidation sites excluding steroid dienone is 1. The molecule has 1 saturated carbocycles. The average Bonchev–Trinajstić information content (AvgIpc) is 3.62. The molecule has 0 spiro atoms. The summed E-state index contributed by atoms with van der Waals surface area (Å²) in [6.07, 6.45) is 0.736. The van der Waals surface area contributed by atoms with Crippen LogP contribution in [0.15, 0.2) is 65.5 Å². The topological polar surface area (TPSA) is 59.2 Å². The summed E-state index contributed by atoms with van der Waals surface area (Å²) in [6.45, 7) is 3.65. The van der Waals surface area contributed by atoms with Crippen molar-refractivity contribution in [3.8, 4) is 11.1 Å². The summed E-state index contributed by atoms with van der Waals surface area (Å²) in [6, 6.07) is 12.0. The number of carbonyl (C=O) groups excluding carboxylic acids is 1. The number of unbranched alkanes of at least 4 members (excludes halogenated alkanes) is 2. The summed E-state index contributed by atoms with van der Waals surface area (Å²) in [5.74, 6) is 1.05. The van der Waals surface area contributed by atoms with Gasteiger partial charge >= 0.3 is 6.18 Å². The smallest absolute Gasteiger partial charge is 0.339 e. The van der Waals surface area contributed by atoms with Crippen molar-refractivity contribution in [1.29, 1.82) is 0 Å². The van der Waals surface area contributed by atoms with E-state index in [9.17, 15) is 22.4 Å². The fourth-order valence-corrected chi connectivity index (χ4v) is 4.08. The number of hydrogen-bond donors (Lipinski definition) is 0. The average molecular weight is 516 g/mol. The van der Waals surface area contributed by atoms with Gasteiger partial charge in [-0.3, -0.25) is 4.79 Å². The molecule has 2 aromatic carbocycles. The lowest BCUT2D eigenvalue weighted by molar-refractivity contribution is -0.137. The molecule has 196 valence electrons. The second-order valence-electron chi connectivity index (χ2n) is 9.32. The minimum atomic E-state index is -4.41. The number of hydrogen-bond acceptors (Lipinski definition) is 4. The number of anilines is 1. The van der Waals surface area contributed by atoms with E-state index in [4.69, 9.17) is 4.52 Å². The van der Waals surface area contributed by atoms with Crippen LogP contribution in [0.3, 0.4) is 0 Å². The van der Waals surface area contributed by atoms with Crippen LogP contribution in [0.5, 0.6) is 0 Å². The molecule has 1 fully saturated rings. The maximum absolute atomic E-state index is 13.2. The lowest BCUT2D eigenvalue weighted by Gasteiger charge is -2.24. The van der Waals surface area contributed by atoms with E-state index in [0.717, 1.165) is 43.6 Å². The first-order valence-electron chi connectivity index (χ1n) is 12.4. The Bertz CT molecular complexity index is 1220. The fraction of sp³-hybridized carbons (Fsp3) is 0.393. The van der Waals surface area contributed by atoms with Gasteiger partial charge in [-0.25, -0.2) is 4.39 Å². The number of halogens is 4. The van der Waals surface area contributed by atoms with E-state index in [0.29, 0.717) is 48.0 Å². The lowest BCUT2D eigenvalue weighted by Crippen LogP contribution is -2.31. The van der Waals surface area contributed by atoms with Crippen LogP contribution in [0.25, 0.3) is 11.1 Å². The third-order valence-electron chi connectivity index (χ3n) is 6.31. The molecule has 37 heavy (non-hydrogen) atoms. The highest BCUT2D eigenvalue weighted by molar-refractivity contribution is 5.94. The molecule has 0 bridgehead atoms. The normalized spacial score (nSPS) is 13.5. The highest BCUT2D eigenvalue weighted by Crippen LogP contribution is 2.38. The Hall–Kier alpha value is -3.49. The molecule has 0 atom stereocenters. The van der Waals surface area contributed by atoms with Gasteiger partial charge in [0.15, 0.2) is 5.82 Å². The quantitative estimate of drug-likeness (QED) is 0.184. The molecule has 0 radical (unpaired) electrons. The first kappa shape index (κ1) is 26.6. The molecule has 0 saturated heterocycles. The third-order valence-corrected chi connectivity index (χ3v) is 6.31. The minimum Gasteiger partial charge on any atom is -0.339 e. The molecule has 1 aliphatic rings. The van der Waals surface area contributed by atoms with E-state index in [2.05, 4.69) is 16.7 Å². The Morgan fingerprint density at radius 2 is 1.78 bits per heavy atom. The Labute approximate surface area is 213 Å². The van der Waals surface area contributed by atoms with E-state index < -0.39 is 17.6 Å². The summed E-state index contributed by atoms with van der Waals surface area (Å²) >= 11 is 0. The van der Waals surface area contributed by atoms with Gasteiger partial charge in [-0.1, -0.05) is 42.4 Å². The van der Waals surface area contributed by atoms with Crippen LogP contribution >= 0.6 is 0 Å². The van der Waals surface area contributed by atoms with Crippen molar-refractivity contribution < 1.29 is 26.9 Å². The minimum absolute atomic E-state index is 0.0221. The van der Waals surface area contributed by atoms with Gasteiger partial charge in [0.25, 0.3) is 0 Å². The lowest BCUT2D eigenvalue weighted by atomic mass is 10.0. The van der Waals surface area contributed by atoms with Gasteiger partial charge in [0, 0.05) is 37.4 Å². The highest BCUT2D eigenvalue weighted by atomic mass is 19.4. The van der Waals surface area contributed by atoms with Gasteiger partial charge in [-0.15, -0.1) is 0 Å². The molecule has 4 rings (SSSR count). The monoisotopic (exact) mass is 515 g/mol. The summed E-state index contributed by atoms with van der Waals surface area (Å²) in [5, 5.41) is 4.02. The number of carbonyl (C=O) groups is 1. The predicted octanol–water partition coefficient (Wildman–Crippen LogP) is 7.64. The summed E-state index contributed by atoms with van der Waals surface area (Å²) < 4.78 is 57.3. The Morgan fingerprint density at radius 1 is 1.03 bits per heavy atom. The van der Waals surface area contributed by atoms with Crippen LogP contribution in [0, 0.1) is 0 Å². The number of nitrogens with zero attached hydrogens (tertiary/aromatic N) is 3. The Morgan fingerprint density at radius 3 is 2.46 bits per heavy atom. The zero-order chi connectivity index (χ0) is 26.4. The molecule has 0 N–H and O–H groups in total. The number of aromatic nitrogens is 2. The molecular formula is C28H29F4N3O2. The SMILES string of the molecule is C=C(F)CCC(=O)N(CCCCCc1nc(C2CC2)no1)c1cccc(-c2ccc(C(F)(F)F)cc2)c1. The molecule has 1 heterocycles. The van der Waals surface area contributed by atoms with Crippen molar-refractivity contribution in [2.45, 2.75) is 63.5 Å². The maximum Gasteiger partial charge on any atom is 0.416 e. The van der Waals surface area contributed by atoms with Crippen LogP contribution in [0.2, 0.25) is 0 Å². The zero-order valence-corrected chi connectivity index (χ0v) is 20.4. The third kappa shape index (κ3) is 7.50. The van der Waals surface area contributed by atoms with Crippen molar-refractivity contribution in [2.75, 3.05) is 11.4 Å². The molecular weight excluding hydrogens is 486 g/mol. The van der Waals surface area contributed by atoms with E-state index in [1.807, 2.05) is 0 Å². The fourth-order valence-electron chi connectivity index (χ4n) is 4.08. The number of benzene rings is 2. The second kappa shape index (κ2) is 11.7. The maximum atomic E-state index is 13.2. The van der Waals surface area contributed by atoms with E-state index >= 15 is 0 Å². The van der Waals surface area contributed by atoms with Crippen LogP contribution in [0.1, 0.15) is 68.1 Å². The molecule has 1 aliphatic carbocycles. The predicted molar refractivity (Wildman–Crippen MR) is 133 cm³/mol. The van der Waals surface area contributed by atoms with Crippen molar-refractivity contribution in [3.63, 3.8) is 0 Å². The molecule has 1 amide bonds. The van der Waals surface area contributed by atoms with Gasteiger partial charge in [-0.05, 0) is 61.1 Å². The van der Waals surface area contributed by atoms with Crippen LogP contribution in [-0.2, 0) is 17.4 Å². The standard InChI is InChI=1S/C28H29F4N3O2/c1-19(29)9-16-26(36)35(17-4-2-3-8-25-33-27(34-37-25)21-10-11-21)24-7-5-6-22(18-24)20-12-14-23(15-13-20)28(30,31)32/h5-7,12-15,18,21H,1-4,8-11,16-17H2. The number of alkyl halides is 3. The van der Waals surface area contributed by atoms with Gasteiger partial charge in [0.1, 0.15) is 0 Å². The molecule has 5 nitrogen and oxygen atoms in total. The largest absolute Gasteiger partial charge is 0.416 e. The van der Waals surface area contributed by atoms with E-state index in [1.165, 1.54) is 12.1 Å². The molecule has 0 unspecified atom stereocenters. The van der Waals surface area contributed by atoms with Crippen LogP contribution in [0.4, 0.5) is 23.2 Å². The number of amides is 1. The van der Waals surface area contributed by atoms with Crippen LogP contribution < -0.4 is 4.90 Å². The number of aryl methyl sites for hydroxylation is 1. The van der Waals surface area contributed by atoms with Crippen LogP contribution in [-0.4, -0.2) is 22.6 Å². The van der Waals surface area contributed by atoms with Crippen molar-refractivity contribution in [1.82, 2.24) is 10.1 Å². The van der Waals surface area contributed by atoms with Crippen molar-refractivity contribution >= 4 is 11.6 Å². The van der Waals surface area contributed by atoms with Gasteiger partial charge in [-0.2, -0.15) is 18.2 Å². The highest BCUT2D eigenvalue weighted by Gasteiger charge is 2.30. The molecule has 9 heteroatoms. The molecule has 1 aromatic heterocycles. The summed E-state index contributed by atoms with van der Waals surface area (Å²) in [7, 11) is 0. The Balaban J connectivity index is 1.40. The van der Waals surface area contributed by atoms with Gasteiger partial charge in [0.05, 0.1) is 11.4 Å². The molecule has 3 aromatic rings. The van der Waals surface area contributed by atoms with Crippen molar-refractivity contribution in [3.05, 3.63) is 78.2 Å². The van der Waals surface area contributed by atoms with Gasteiger partial charge < -0.3 is 9.42 Å². The first-order valence-corrected chi connectivity index (χ1v) is 12.4. The zero-order valence-electron chi connectivity index (χ0n) is 20.4. The van der Waals surface area contributed by atoms with Gasteiger partial charge in [0.2, 0.25) is 11.8 Å². The summed E-state index contributed by atoms with van der Waals surface area (Å²) in [4.78, 5) is 19.0. The number of rotatable bonds is 12. The van der Waals surface area contributed by atoms with Crippen molar-refractivity contribution in [2.24, 2.45) is 0 Å². The second-order valence-corrected chi connectivity index (χ2v) is 9.32. The Kier molecular flexibility index (Phi) is 8.41. The van der Waals surface area contributed by atoms with E-state index in [-0.39, 0.29) is 18.7 Å². The summed E-state index contributed by atoms with van der Waals surface area (Å²) in [5.41, 5.74) is 1.17.